The summed E-state index contributed by atoms with van der Waals surface area (Å²) in [6.45, 7) is 5.37. The lowest BCUT2D eigenvalue weighted by Gasteiger charge is -2.36. The number of hydrogen-bond acceptors (Lipinski definition) is 7. The predicted octanol–water partition coefficient (Wildman–Crippen LogP) is 2.54. The van der Waals surface area contributed by atoms with Crippen molar-refractivity contribution < 1.29 is 28.5 Å². The van der Waals surface area contributed by atoms with Gasteiger partial charge in [-0.2, -0.15) is 0 Å². The van der Waals surface area contributed by atoms with Crippen LogP contribution in [0.2, 0.25) is 5.02 Å². The topological polar surface area (TPSA) is 98.2 Å². The van der Waals surface area contributed by atoms with E-state index in [1.165, 1.54) is 0 Å². The summed E-state index contributed by atoms with van der Waals surface area (Å²) >= 11 is 5.99. The van der Waals surface area contributed by atoms with Crippen molar-refractivity contribution in [2.24, 2.45) is 0 Å². The molecule has 3 aliphatic heterocycles. The van der Waals surface area contributed by atoms with Crippen LogP contribution < -0.4 is 15.0 Å². The predicted molar refractivity (Wildman–Crippen MR) is 122 cm³/mol. The van der Waals surface area contributed by atoms with Crippen LogP contribution in [0.3, 0.4) is 0 Å². The van der Waals surface area contributed by atoms with Crippen molar-refractivity contribution >= 4 is 23.3 Å². The fourth-order valence-electron chi connectivity index (χ4n) is 5.07. The summed E-state index contributed by atoms with van der Waals surface area (Å²) in [6, 6.07) is 1.84. The zero-order valence-corrected chi connectivity index (χ0v) is 19.5. The number of fused-ring (bicyclic) bond motifs is 2. The summed E-state index contributed by atoms with van der Waals surface area (Å²) < 4.78 is 36.6. The van der Waals surface area contributed by atoms with Crippen LogP contribution in [0, 0.1) is 11.6 Å². The number of pyridine rings is 1. The Hall–Kier alpha value is -2.69. The maximum atomic E-state index is 15.9. The van der Waals surface area contributed by atoms with Crippen molar-refractivity contribution in [3.8, 4) is 22.8 Å². The first-order valence-corrected chi connectivity index (χ1v) is 11.5. The van der Waals surface area contributed by atoms with Gasteiger partial charge in [-0.05, 0) is 32.4 Å². The number of piperazine rings is 1. The molecule has 2 aromatic rings. The summed E-state index contributed by atoms with van der Waals surface area (Å²) in [5.74, 6) is -3.39. The van der Waals surface area contributed by atoms with E-state index in [0.717, 1.165) is 12.1 Å². The molecular formula is C23H25ClF2N4O4. The third kappa shape index (κ3) is 3.55. The maximum Gasteiger partial charge on any atom is 0.261 e. The van der Waals surface area contributed by atoms with Gasteiger partial charge in [0.1, 0.15) is 35.2 Å². The molecule has 11 heteroatoms. The van der Waals surface area contributed by atoms with E-state index >= 15 is 4.39 Å². The highest BCUT2D eigenvalue weighted by Crippen LogP contribution is 2.46. The fraction of sp³-hybridized carbons (Fsp3) is 0.478. The second-order valence-electron chi connectivity index (χ2n) is 9.50. The van der Waals surface area contributed by atoms with E-state index in [-0.39, 0.29) is 41.3 Å². The standard InChI is InChI=1S/C23H25ClF2N4O4/c1-23(2)7-12(31)9-30(23)21-16-20(34-10-11-8-27-5-6-29(11)22(16)33)17(26)18(28-21)15-14(25)4-3-13(24)19(15)32/h3-4,11-12,27,31-32H,5-10H2,1-2H3/t11-,12?/m1/s1. The van der Waals surface area contributed by atoms with E-state index in [2.05, 4.69) is 10.3 Å². The lowest BCUT2D eigenvalue weighted by molar-refractivity contribution is 0.0606. The van der Waals surface area contributed by atoms with Gasteiger partial charge >= 0.3 is 0 Å². The van der Waals surface area contributed by atoms with Crippen molar-refractivity contribution in [2.45, 2.75) is 38.0 Å². The van der Waals surface area contributed by atoms with Crippen molar-refractivity contribution in [1.82, 2.24) is 15.2 Å². The summed E-state index contributed by atoms with van der Waals surface area (Å²) in [7, 11) is 0. The third-order valence-electron chi connectivity index (χ3n) is 6.75. The Morgan fingerprint density at radius 3 is 2.76 bits per heavy atom. The number of aromatic nitrogens is 1. The molecule has 3 aliphatic rings. The van der Waals surface area contributed by atoms with Gasteiger partial charge in [0.25, 0.3) is 5.91 Å². The summed E-state index contributed by atoms with van der Waals surface area (Å²) in [5.41, 5.74) is -1.75. The number of carbonyl (C=O) groups excluding carboxylic acids is 1. The highest BCUT2D eigenvalue weighted by Gasteiger charge is 2.45. The molecule has 2 fully saturated rings. The van der Waals surface area contributed by atoms with Gasteiger partial charge in [0.05, 0.1) is 22.7 Å². The van der Waals surface area contributed by atoms with E-state index in [1.54, 1.807) is 9.80 Å². The lowest BCUT2D eigenvalue weighted by atomic mass is 9.99. The number of nitrogens with zero attached hydrogens (tertiary/aromatic N) is 3. The zero-order valence-electron chi connectivity index (χ0n) is 18.7. The zero-order chi connectivity index (χ0) is 24.4. The highest BCUT2D eigenvalue weighted by atomic mass is 35.5. The second-order valence-corrected chi connectivity index (χ2v) is 9.91. The second kappa shape index (κ2) is 8.21. The largest absolute Gasteiger partial charge is 0.506 e. The number of aliphatic hydroxyl groups excluding tert-OH is 1. The molecule has 5 rings (SSSR count). The number of benzene rings is 1. The van der Waals surface area contributed by atoms with Crippen LogP contribution in [0.15, 0.2) is 12.1 Å². The van der Waals surface area contributed by atoms with Crippen molar-refractivity contribution in [3.63, 3.8) is 0 Å². The quantitative estimate of drug-likeness (QED) is 0.590. The molecule has 1 aromatic carbocycles. The Morgan fingerprint density at radius 1 is 1.29 bits per heavy atom. The van der Waals surface area contributed by atoms with Crippen LogP contribution in [-0.2, 0) is 0 Å². The minimum atomic E-state index is -1.06. The molecule has 182 valence electrons. The Kier molecular flexibility index (Phi) is 5.57. The van der Waals surface area contributed by atoms with Crippen LogP contribution in [0.25, 0.3) is 11.3 Å². The van der Waals surface area contributed by atoms with Crippen molar-refractivity contribution in [1.29, 1.82) is 0 Å². The van der Waals surface area contributed by atoms with E-state index < -0.39 is 46.2 Å². The van der Waals surface area contributed by atoms with Crippen LogP contribution >= 0.6 is 11.6 Å². The highest BCUT2D eigenvalue weighted by molar-refractivity contribution is 6.32. The molecule has 1 aromatic heterocycles. The Bertz CT molecular complexity index is 1180. The maximum absolute atomic E-state index is 15.9. The molecule has 3 N–H and O–H groups in total. The molecule has 0 spiro atoms. The van der Waals surface area contributed by atoms with Gasteiger partial charge in [0.2, 0.25) is 0 Å². The molecule has 2 atom stereocenters. The average molecular weight is 495 g/mol. The Labute approximate surface area is 200 Å². The van der Waals surface area contributed by atoms with Crippen LogP contribution in [0.1, 0.15) is 30.6 Å². The van der Waals surface area contributed by atoms with Crippen molar-refractivity contribution in [3.05, 3.63) is 34.4 Å². The summed E-state index contributed by atoms with van der Waals surface area (Å²) in [6.07, 6.45) is -0.316. The first-order valence-electron chi connectivity index (χ1n) is 11.1. The number of aromatic hydroxyl groups is 1. The van der Waals surface area contributed by atoms with Gasteiger partial charge in [0.15, 0.2) is 11.6 Å². The number of halogens is 3. The number of phenolic OH excluding ortho intramolecular Hbond substituents is 1. The van der Waals surface area contributed by atoms with E-state index in [9.17, 15) is 19.4 Å². The van der Waals surface area contributed by atoms with Gasteiger partial charge in [-0.3, -0.25) is 4.79 Å². The normalized spacial score (nSPS) is 23.9. The molecule has 34 heavy (non-hydrogen) atoms. The van der Waals surface area contributed by atoms with Crippen LogP contribution in [-0.4, -0.2) is 76.5 Å². The molecule has 0 saturated carbocycles. The number of anilines is 1. The lowest BCUT2D eigenvalue weighted by Crippen LogP contribution is -2.55. The monoisotopic (exact) mass is 494 g/mol. The minimum absolute atomic E-state index is 0.0293. The SMILES string of the molecule is CC1(C)CC(O)CN1c1nc(-c2c(F)ccc(Cl)c2O)c(F)c2c1C(=O)N1CCNC[C@@H]1CO2. The van der Waals surface area contributed by atoms with E-state index in [0.29, 0.717) is 26.1 Å². The number of phenols is 1. The third-order valence-corrected chi connectivity index (χ3v) is 7.06. The number of rotatable bonds is 2. The van der Waals surface area contributed by atoms with Crippen molar-refractivity contribution in [2.75, 3.05) is 37.7 Å². The first kappa shape index (κ1) is 23.1. The number of hydrogen-bond donors (Lipinski definition) is 3. The van der Waals surface area contributed by atoms with E-state index in [1.807, 2.05) is 13.8 Å². The van der Waals surface area contributed by atoms with Gasteiger partial charge < -0.3 is 30.1 Å². The summed E-state index contributed by atoms with van der Waals surface area (Å²) in [4.78, 5) is 21.4. The summed E-state index contributed by atoms with van der Waals surface area (Å²) in [5, 5.41) is 23.9. The van der Waals surface area contributed by atoms with Gasteiger partial charge in [-0.25, -0.2) is 13.8 Å². The molecule has 0 bridgehead atoms. The minimum Gasteiger partial charge on any atom is -0.506 e. The number of amides is 1. The van der Waals surface area contributed by atoms with Gasteiger partial charge in [0, 0.05) is 31.7 Å². The smallest absolute Gasteiger partial charge is 0.261 e. The molecule has 4 heterocycles. The van der Waals surface area contributed by atoms with E-state index in [4.69, 9.17) is 16.3 Å². The molecule has 1 amide bonds. The first-order chi connectivity index (χ1) is 16.1. The Morgan fingerprint density at radius 2 is 2.06 bits per heavy atom. The van der Waals surface area contributed by atoms with Gasteiger partial charge in [-0.1, -0.05) is 11.6 Å². The number of ether oxygens (including phenoxy) is 1. The van der Waals surface area contributed by atoms with Crippen LogP contribution in [0.5, 0.6) is 11.5 Å². The molecular weight excluding hydrogens is 470 g/mol. The number of carbonyl (C=O) groups is 1. The number of aliphatic hydroxyl groups is 1. The molecule has 8 nitrogen and oxygen atoms in total. The molecule has 0 aliphatic carbocycles. The van der Waals surface area contributed by atoms with Crippen LogP contribution in [0.4, 0.5) is 14.6 Å². The molecule has 1 unspecified atom stereocenters. The molecule has 2 saturated heterocycles. The van der Waals surface area contributed by atoms with Gasteiger partial charge in [-0.15, -0.1) is 0 Å². The number of β-amino-alcohol motifs (C(OH)–C–C–N with tert-alkyl or cyclic N) is 1. The fourth-order valence-corrected chi connectivity index (χ4v) is 5.23. The number of nitrogens with one attached hydrogen (secondary N) is 1. The molecule has 0 radical (unpaired) electrons. The average Bonchev–Trinajstić information content (AvgIpc) is 2.97. The Balaban J connectivity index is 1.79.